The molecule has 0 saturated carbocycles. The highest BCUT2D eigenvalue weighted by molar-refractivity contribution is 6.33. The van der Waals surface area contributed by atoms with E-state index in [9.17, 15) is 4.79 Å². The number of hydrogen-bond donors (Lipinski definition) is 1. The molecule has 4 nitrogen and oxygen atoms in total. The first kappa shape index (κ1) is 33.8. The first-order valence-corrected chi connectivity index (χ1v) is 12.8. The Labute approximate surface area is 227 Å². The molecule has 0 aliphatic rings. The molecule has 0 aliphatic carbocycles. The van der Waals surface area contributed by atoms with Crippen molar-refractivity contribution in [2.75, 3.05) is 26.9 Å². The number of aldehydes is 1. The molecule has 0 heterocycles. The highest BCUT2D eigenvalue weighted by Crippen LogP contribution is 2.38. The second-order valence-electron chi connectivity index (χ2n) is 6.96. The lowest BCUT2D eigenvalue weighted by Gasteiger charge is -2.17. The molecule has 0 aliphatic heterocycles. The number of benzene rings is 3. The molecular formula is C31H39ClFNO3. The van der Waals surface area contributed by atoms with Crippen molar-refractivity contribution < 1.29 is 18.7 Å². The van der Waals surface area contributed by atoms with Crippen LogP contribution in [-0.4, -0.2) is 33.2 Å². The van der Waals surface area contributed by atoms with Gasteiger partial charge in [-0.25, -0.2) is 4.39 Å². The number of methoxy groups -OCH3 is 1. The number of hydrogen-bond acceptors (Lipinski definition) is 4. The van der Waals surface area contributed by atoms with Gasteiger partial charge in [0.1, 0.15) is 12.9 Å². The van der Waals surface area contributed by atoms with Gasteiger partial charge in [-0.1, -0.05) is 88.5 Å². The molecule has 1 unspecified atom stereocenters. The molecule has 0 amide bonds. The zero-order valence-electron chi connectivity index (χ0n) is 22.7. The lowest BCUT2D eigenvalue weighted by Crippen LogP contribution is -2.07. The monoisotopic (exact) mass is 527 g/mol. The van der Waals surface area contributed by atoms with E-state index in [1.54, 1.807) is 24.3 Å². The number of rotatable bonds is 8. The van der Waals surface area contributed by atoms with Crippen LogP contribution in [0.2, 0.25) is 5.02 Å². The summed E-state index contributed by atoms with van der Waals surface area (Å²) in [6, 6.07) is 17.5. The minimum Gasteiger partial charge on any atom is -0.488 e. The van der Waals surface area contributed by atoms with E-state index in [1.165, 1.54) is 13.2 Å². The summed E-state index contributed by atoms with van der Waals surface area (Å²) < 4.78 is 25.8. The first-order valence-electron chi connectivity index (χ1n) is 12.4. The third-order valence-electron chi connectivity index (χ3n) is 4.72. The maximum Gasteiger partial charge on any atom is 0.174 e. The number of halogens is 2. The maximum atomic E-state index is 15.4. The Morgan fingerprint density at radius 3 is 2.19 bits per heavy atom. The van der Waals surface area contributed by atoms with Crippen molar-refractivity contribution in [2.45, 2.75) is 40.5 Å². The molecule has 0 aromatic heterocycles. The molecule has 3 aromatic carbocycles. The fraction of sp³-hybridized carbons (Fsp3) is 0.323. The maximum absolute atomic E-state index is 15.4. The summed E-state index contributed by atoms with van der Waals surface area (Å²) in [7, 11) is 1.54. The van der Waals surface area contributed by atoms with E-state index < -0.39 is 11.7 Å². The zero-order valence-corrected chi connectivity index (χ0v) is 23.4. The third kappa shape index (κ3) is 10.0. The van der Waals surface area contributed by atoms with Crippen molar-refractivity contribution >= 4 is 17.9 Å². The first-order chi connectivity index (χ1) is 18.0. The summed E-state index contributed by atoms with van der Waals surface area (Å²) in [5.74, 6) is 1.43. The Balaban J connectivity index is 0.00000169. The van der Waals surface area contributed by atoms with Crippen LogP contribution in [0.3, 0.4) is 0 Å². The van der Waals surface area contributed by atoms with Gasteiger partial charge >= 0.3 is 0 Å². The quantitative estimate of drug-likeness (QED) is 0.187. The Kier molecular flexibility index (Phi) is 18.2. The van der Waals surface area contributed by atoms with Crippen LogP contribution in [0.1, 0.15) is 57.2 Å². The topological polar surface area (TPSA) is 61.5 Å². The van der Waals surface area contributed by atoms with Gasteiger partial charge in [0.15, 0.2) is 11.6 Å². The van der Waals surface area contributed by atoms with Crippen molar-refractivity contribution in [3.05, 3.63) is 88.2 Å². The number of carbonyl (C=O) groups is 1. The van der Waals surface area contributed by atoms with Crippen LogP contribution in [0.15, 0.2) is 60.7 Å². The van der Waals surface area contributed by atoms with Crippen LogP contribution in [0.4, 0.5) is 4.39 Å². The number of terminal acetylenes is 1. The Morgan fingerprint density at radius 1 is 1.03 bits per heavy atom. The highest BCUT2D eigenvalue weighted by atomic mass is 35.5. The summed E-state index contributed by atoms with van der Waals surface area (Å²) in [4.78, 5) is 11.9. The third-order valence-corrected chi connectivity index (χ3v) is 5.05. The minimum absolute atomic E-state index is 0.0533. The Bertz CT molecular complexity index is 1100. The molecule has 37 heavy (non-hydrogen) atoms. The molecule has 0 bridgehead atoms. The predicted octanol–water partition coefficient (Wildman–Crippen LogP) is 7.50. The van der Waals surface area contributed by atoms with E-state index in [2.05, 4.69) is 5.92 Å². The fourth-order valence-electron chi connectivity index (χ4n) is 3.22. The van der Waals surface area contributed by atoms with E-state index in [4.69, 9.17) is 33.2 Å². The van der Waals surface area contributed by atoms with Crippen LogP contribution in [-0.2, 0) is 9.53 Å². The van der Waals surface area contributed by atoms with Gasteiger partial charge in [0.25, 0.3) is 0 Å². The van der Waals surface area contributed by atoms with Crippen molar-refractivity contribution in [1.29, 1.82) is 0 Å². The standard InChI is InChI=1S/C25H20ClFO3.C2H7N.2C2H6/c1-3-17-10-12-23(30-14-13-29-2)25(27)24(17)20-15-19(9-11-22(20)26)21(16-28)18-7-5-4-6-8-18;1-2-3;2*1-2/h1,4-12,15-16,21H,13-14H2,2H3;2-3H2,1H3;2*1-2H3. The molecule has 1 atom stereocenters. The van der Waals surface area contributed by atoms with Crippen molar-refractivity contribution in [3.63, 3.8) is 0 Å². The molecule has 0 radical (unpaired) electrons. The van der Waals surface area contributed by atoms with Gasteiger partial charge in [-0.15, -0.1) is 6.42 Å². The van der Waals surface area contributed by atoms with Gasteiger partial charge in [-0.3, -0.25) is 0 Å². The minimum atomic E-state index is -0.608. The van der Waals surface area contributed by atoms with Crippen LogP contribution >= 0.6 is 11.6 Å². The molecular weight excluding hydrogens is 489 g/mol. The molecule has 0 fully saturated rings. The van der Waals surface area contributed by atoms with E-state index in [-0.39, 0.29) is 17.9 Å². The Morgan fingerprint density at radius 2 is 1.65 bits per heavy atom. The van der Waals surface area contributed by atoms with Gasteiger partial charge in [0, 0.05) is 28.8 Å². The lowest BCUT2D eigenvalue weighted by atomic mass is 9.89. The normalized spacial score (nSPS) is 10.2. The molecule has 2 N–H and O–H groups in total. The molecule has 0 spiro atoms. The van der Waals surface area contributed by atoms with Gasteiger partial charge in [-0.05, 0) is 41.9 Å². The average molecular weight is 528 g/mol. The molecule has 0 saturated heterocycles. The summed E-state index contributed by atoms with van der Waals surface area (Å²) in [5, 5.41) is 0.320. The number of carbonyl (C=O) groups excluding carboxylic acids is 1. The SMILES string of the molecule is C#Cc1ccc(OCCOC)c(F)c1-c1cc(C(C=O)c2ccccc2)ccc1Cl.CC.CC.CCN. The largest absolute Gasteiger partial charge is 0.488 e. The molecule has 3 aromatic rings. The van der Waals surface area contributed by atoms with Crippen molar-refractivity contribution in [3.8, 4) is 29.2 Å². The van der Waals surface area contributed by atoms with E-state index in [0.29, 0.717) is 28.3 Å². The van der Waals surface area contributed by atoms with Crippen LogP contribution in [0.5, 0.6) is 5.75 Å². The Hall–Kier alpha value is -3.17. The summed E-state index contributed by atoms with van der Waals surface area (Å²) in [5.41, 5.74) is 7.27. The van der Waals surface area contributed by atoms with Gasteiger partial charge in [0.05, 0.1) is 12.5 Å². The van der Waals surface area contributed by atoms with Gasteiger partial charge in [-0.2, -0.15) is 0 Å². The smallest absolute Gasteiger partial charge is 0.174 e. The molecule has 3 rings (SSSR count). The van der Waals surface area contributed by atoms with Crippen molar-refractivity contribution in [1.82, 2.24) is 0 Å². The van der Waals surface area contributed by atoms with E-state index in [1.807, 2.05) is 65.0 Å². The summed E-state index contributed by atoms with van der Waals surface area (Å²) in [6.07, 6.45) is 6.47. The predicted molar refractivity (Wildman–Crippen MR) is 154 cm³/mol. The highest BCUT2D eigenvalue weighted by Gasteiger charge is 2.21. The molecule has 6 heteroatoms. The van der Waals surface area contributed by atoms with Gasteiger partial charge < -0.3 is 20.0 Å². The van der Waals surface area contributed by atoms with Crippen LogP contribution in [0.25, 0.3) is 11.1 Å². The number of nitrogens with two attached hydrogens (primary N) is 1. The average Bonchev–Trinajstić information content (AvgIpc) is 2.94. The van der Waals surface area contributed by atoms with Crippen LogP contribution < -0.4 is 10.5 Å². The second-order valence-corrected chi connectivity index (χ2v) is 7.37. The summed E-state index contributed by atoms with van der Waals surface area (Å²) in [6.45, 7) is 11.2. The van der Waals surface area contributed by atoms with Gasteiger partial charge in [0.2, 0.25) is 0 Å². The van der Waals surface area contributed by atoms with Crippen molar-refractivity contribution in [2.24, 2.45) is 5.73 Å². The second kappa shape index (κ2) is 20.0. The van der Waals surface area contributed by atoms with Crippen LogP contribution in [0, 0.1) is 18.2 Å². The fourth-order valence-corrected chi connectivity index (χ4v) is 3.44. The van der Waals surface area contributed by atoms with E-state index in [0.717, 1.165) is 18.4 Å². The zero-order chi connectivity index (χ0) is 28.2. The summed E-state index contributed by atoms with van der Waals surface area (Å²) >= 11 is 6.42. The number of ether oxygens (including phenoxy) is 2. The lowest BCUT2D eigenvalue weighted by molar-refractivity contribution is -0.108. The molecule has 200 valence electrons. The van der Waals surface area contributed by atoms with E-state index >= 15 is 4.39 Å².